The molecule has 1 unspecified atom stereocenters. The van der Waals surface area contributed by atoms with Crippen LogP contribution >= 0.6 is 0 Å². The molecule has 94 valence electrons. The van der Waals surface area contributed by atoms with Crippen molar-refractivity contribution >= 4 is 11.7 Å². The molecule has 1 aromatic heterocycles. The summed E-state index contributed by atoms with van der Waals surface area (Å²) in [6.45, 7) is 3.98. The van der Waals surface area contributed by atoms with E-state index in [4.69, 9.17) is 15.4 Å². The summed E-state index contributed by atoms with van der Waals surface area (Å²) in [5.74, 6) is 0.582. The van der Waals surface area contributed by atoms with Gasteiger partial charge in [-0.25, -0.2) is 0 Å². The number of oxime groups is 1. The van der Waals surface area contributed by atoms with Gasteiger partial charge in [-0.1, -0.05) is 19.0 Å². The molecule has 0 bridgehead atoms. The highest BCUT2D eigenvalue weighted by Gasteiger charge is 2.13. The summed E-state index contributed by atoms with van der Waals surface area (Å²) in [7, 11) is 0. The first-order chi connectivity index (χ1) is 8.08. The van der Waals surface area contributed by atoms with Crippen molar-refractivity contribution in [2.75, 3.05) is 6.54 Å². The Morgan fingerprint density at radius 3 is 2.88 bits per heavy atom. The molecule has 4 N–H and O–H groups in total. The number of carbonyl (C=O) groups is 1. The first-order valence-corrected chi connectivity index (χ1v) is 5.42. The number of hydrogen-bond donors (Lipinski definition) is 3. The van der Waals surface area contributed by atoms with Crippen molar-refractivity contribution in [2.24, 2.45) is 16.8 Å². The van der Waals surface area contributed by atoms with Crippen LogP contribution in [-0.2, 0) is 6.42 Å². The summed E-state index contributed by atoms with van der Waals surface area (Å²) < 4.78 is 5.29. The molecule has 17 heavy (non-hydrogen) atoms. The Labute approximate surface area is 99.5 Å². The molecule has 0 saturated carbocycles. The second-order valence-corrected chi connectivity index (χ2v) is 3.76. The van der Waals surface area contributed by atoms with E-state index in [1.165, 1.54) is 0 Å². The van der Waals surface area contributed by atoms with Crippen LogP contribution in [0.3, 0.4) is 0 Å². The minimum atomic E-state index is -0.303. The lowest BCUT2D eigenvalue weighted by atomic mass is 10.1. The molecule has 0 aliphatic rings. The Hall–Kier alpha value is -1.98. The van der Waals surface area contributed by atoms with E-state index in [-0.39, 0.29) is 30.0 Å². The topological polar surface area (TPSA) is 101 Å². The molecule has 6 nitrogen and oxygen atoms in total. The van der Waals surface area contributed by atoms with E-state index in [0.29, 0.717) is 0 Å². The number of aryl methyl sites for hydroxylation is 1. The number of amidine groups is 1. The fourth-order valence-electron chi connectivity index (χ4n) is 1.23. The number of nitrogens with zero attached hydrogens (tertiary/aromatic N) is 1. The molecule has 0 saturated heterocycles. The van der Waals surface area contributed by atoms with E-state index in [9.17, 15) is 4.79 Å². The number of amides is 1. The molecule has 1 aromatic rings. The Morgan fingerprint density at radius 1 is 1.65 bits per heavy atom. The molecular weight excluding hydrogens is 222 g/mol. The van der Waals surface area contributed by atoms with Crippen LogP contribution in [0.4, 0.5) is 0 Å². The first kappa shape index (κ1) is 13.1. The molecular formula is C11H17N3O3. The van der Waals surface area contributed by atoms with Crippen LogP contribution in [0.25, 0.3) is 0 Å². The molecule has 1 heterocycles. The summed E-state index contributed by atoms with van der Waals surface area (Å²) >= 11 is 0. The summed E-state index contributed by atoms with van der Waals surface area (Å²) in [5.41, 5.74) is 5.39. The van der Waals surface area contributed by atoms with Gasteiger partial charge in [-0.15, -0.1) is 0 Å². The van der Waals surface area contributed by atoms with Gasteiger partial charge in [0.05, 0.1) is 0 Å². The van der Waals surface area contributed by atoms with Crippen molar-refractivity contribution in [3.05, 3.63) is 23.7 Å². The predicted octanol–water partition coefficient (Wildman–Crippen LogP) is 0.954. The maximum Gasteiger partial charge on any atom is 0.287 e. The standard InChI is InChI=1S/C11H17N3O3/c1-3-8-4-5-9(17-8)11(15)13-6-7(2)10(12)14-16/h4-5,7,16H,3,6H2,1-2H3,(H2,12,14)(H,13,15). The van der Waals surface area contributed by atoms with Crippen LogP contribution in [0.1, 0.15) is 30.2 Å². The van der Waals surface area contributed by atoms with Gasteiger partial charge in [-0.05, 0) is 12.1 Å². The van der Waals surface area contributed by atoms with Gasteiger partial charge in [0.2, 0.25) is 0 Å². The summed E-state index contributed by atoms with van der Waals surface area (Å²) in [4.78, 5) is 11.6. The van der Waals surface area contributed by atoms with Crippen LogP contribution in [0.15, 0.2) is 21.7 Å². The third kappa shape index (κ3) is 3.51. The van der Waals surface area contributed by atoms with Crippen molar-refractivity contribution in [1.82, 2.24) is 5.32 Å². The zero-order valence-electron chi connectivity index (χ0n) is 9.93. The van der Waals surface area contributed by atoms with E-state index >= 15 is 0 Å². The third-order valence-corrected chi connectivity index (χ3v) is 2.42. The van der Waals surface area contributed by atoms with E-state index < -0.39 is 0 Å². The Kier molecular flexibility index (Phi) is 4.56. The lowest BCUT2D eigenvalue weighted by Crippen LogP contribution is -2.34. The van der Waals surface area contributed by atoms with Crippen LogP contribution in [-0.4, -0.2) is 23.5 Å². The van der Waals surface area contributed by atoms with Crippen LogP contribution in [0.5, 0.6) is 0 Å². The van der Waals surface area contributed by atoms with Crippen molar-refractivity contribution in [3.8, 4) is 0 Å². The zero-order chi connectivity index (χ0) is 12.8. The van der Waals surface area contributed by atoms with Crippen molar-refractivity contribution in [2.45, 2.75) is 20.3 Å². The number of carbonyl (C=O) groups excluding carboxylic acids is 1. The molecule has 0 aromatic carbocycles. The van der Waals surface area contributed by atoms with E-state index in [1.807, 2.05) is 6.92 Å². The Morgan fingerprint density at radius 2 is 2.35 bits per heavy atom. The van der Waals surface area contributed by atoms with Gasteiger partial charge in [0, 0.05) is 18.9 Å². The van der Waals surface area contributed by atoms with Crippen molar-refractivity contribution in [1.29, 1.82) is 0 Å². The number of furan rings is 1. The van der Waals surface area contributed by atoms with E-state index in [1.54, 1.807) is 19.1 Å². The van der Waals surface area contributed by atoms with Crippen LogP contribution in [0, 0.1) is 5.92 Å². The number of hydrogen-bond acceptors (Lipinski definition) is 4. The maximum atomic E-state index is 11.6. The van der Waals surface area contributed by atoms with Crippen molar-refractivity contribution < 1.29 is 14.4 Å². The molecule has 0 spiro atoms. The minimum Gasteiger partial charge on any atom is -0.456 e. The highest BCUT2D eigenvalue weighted by atomic mass is 16.4. The lowest BCUT2D eigenvalue weighted by Gasteiger charge is -2.09. The second-order valence-electron chi connectivity index (χ2n) is 3.76. The minimum absolute atomic E-state index is 0.0824. The zero-order valence-corrected chi connectivity index (χ0v) is 9.93. The number of nitrogens with two attached hydrogens (primary N) is 1. The molecule has 0 aliphatic heterocycles. The van der Waals surface area contributed by atoms with Crippen molar-refractivity contribution in [3.63, 3.8) is 0 Å². The largest absolute Gasteiger partial charge is 0.456 e. The molecule has 1 amide bonds. The molecule has 1 atom stereocenters. The smallest absolute Gasteiger partial charge is 0.287 e. The van der Waals surface area contributed by atoms with Crippen LogP contribution < -0.4 is 11.1 Å². The highest BCUT2D eigenvalue weighted by molar-refractivity contribution is 5.92. The molecule has 6 heteroatoms. The molecule has 1 rings (SSSR count). The monoisotopic (exact) mass is 239 g/mol. The number of rotatable bonds is 5. The number of nitrogens with one attached hydrogen (secondary N) is 1. The third-order valence-electron chi connectivity index (χ3n) is 2.42. The maximum absolute atomic E-state index is 11.6. The van der Waals surface area contributed by atoms with Crippen LogP contribution in [0.2, 0.25) is 0 Å². The van der Waals surface area contributed by atoms with E-state index in [0.717, 1.165) is 12.2 Å². The van der Waals surface area contributed by atoms with Gasteiger partial charge >= 0.3 is 0 Å². The molecule has 0 fully saturated rings. The Balaban J connectivity index is 2.50. The fraction of sp³-hybridized carbons (Fsp3) is 0.455. The van der Waals surface area contributed by atoms with Gasteiger partial charge < -0.3 is 20.7 Å². The fourth-order valence-corrected chi connectivity index (χ4v) is 1.23. The summed E-state index contributed by atoms with van der Waals surface area (Å²) in [6, 6.07) is 3.39. The van der Waals surface area contributed by atoms with Gasteiger partial charge in [0.25, 0.3) is 5.91 Å². The SMILES string of the molecule is CCc1ccc(C(=O)NCC(C)C(N)=NO)o1. The van der Waals surface area contributed by atoms with Gasteiger partial charge in [0.15, 0.2) is 5.76 Å². The second kappa shape index (κ2) is 5.93. The van der Waals surface area contributed by atoms with Gasteiger partial charge in [-0.3, -0.25) is 4.79 Å². The molecule has 0 radical (unpaired) electrons. The predicted molar refractivity (Wildman–Crippen MR) is 63.0 cm³/mol. The Bertz CT molecular complexity index is 412. The average Bonchev–Trinajstić information content (AvgIpc) is 2.83. The average molecular weight is 239 g/mol. The highest BCUT2D eigenvalue weighted by Crippen LogP contribution is 2.08. The quantitative estimate of drug-likeness (QED) is 0.308. The van der Waals surface area contributed by atoms with E-state index in [2.05, 4.69) is 10.5 Å². The normalized spacial score (nSPS) is 13.4. The summed E-state index contributed by atoms with van der Waals surface area (Å²) in [5, 5.41) is 14.0. The summed E-state index contributed by atoms with van der Waals surface area (Å²) in [6.07, 6.45) is 0.744. The van der Waals surface area contributed by atoms with Gasteiger partial charge in [0.1, 0.15) is 11.6 Å². The first-order valence-electron chi connectivity index (χ1n) is 5.42. The molecule has 0 aliphatic carbocycles. The van der Waals surface area contributed by atoms with Gasteiger partial charge in [-0.2, -0.15) is 0 Å². The lowest BCUT2D eigenvalue weighted by molar-refractivity contribution is 0.0921.